The van der Waals surface area contributed by atoms with E-state index in [0.717, 1.165) is 0 Å². The number of aromatic nitrogens is 2. The van der Waals surface area contributed by atoms with Crippen molar-refractivity contribution in [2.24, 2.45) is 0 Å². The van der Waals surface area contributed by atoms with Crippen molar-refractivity contribution in [1.29, 1.82) is 0 Å². The van der Waals surface area contributed by atoms with Gasteiger partial charge in [-0.1, -0.05) is 0 Å². The first kappa shape index (κ1) is 16.9. The smallest absolute Gasteiger partial charge is 0.376 e. The normalized spacial score (nSPS) is 10.4. The maximum absolute atomic E-state index is 11.7. The lowest BCUT2D eigenvalue weighted by Gasteiger charge is -2.27. The molecular formula is C14H21N3O4. The summed E-state index contributed by atoms with van der Waals surface area (Å²) in [6, 6.07) is 1.72. The summed E-state index contributed by atoms with van der Waals surface area (Å²) in [7, 11) is 1.27. The maximum atomic E-state index is 11.7. The molecule has 0 aliphatic rings. The molecule has 0 saturated carbocycles. The van der Waals surface area contributed by atoms with Gasteiger partial charge in [0.05, 0.1) is 13.7 Å². The number of carbonyl (C=O) groups is 2. The van der Waals surface area contributed by atoms with Gasteiger partial charge in [0.15, 0.2) is 0 Å². The van der Waals surface area contributed by atoms with E-state index in [2.05, 4.69) is 14.7 Å². The Morgan fingerprint density at radius 3 is 2.52 bits per heavy atom. The molecule has 1 aromatic heterocycles. The molecule has 0 radical (unpaired) electrons. The highest BCUT2D eigenvalue weighted by Gasteiger charge is 2.20. The second-order valence-corrected chi connectivity index (χ2v) is 4.71. The lowest BCUT2D eigenvalue weighted by atomic mass is 10.3. The van der Waals surface area contributed by atoms with Gasteiger partial charge in [-0.25, -0.2) is 14.8 Å². The van der Waals surface area contributed by atoms with E-state index in [9.17, 15) is 9.59 Å². The Labute approximate surface area is 124 Å². The summed E-state index contributed by atoms with van der Waals surface area (Å²) in [4.78, 5) is 33.2. The van der Waals surface area contributed by atoms with Crippen LogP contribution in [0.15, 0.2) is 6.07 Å². The van der Waals surface area contributed by atoms with Gasteiger partial charge in [-0.3, -0.25) is 4.79 Å². The van der Waals surface area contributed by atoms with E-state index in [1.807, 2.05) is 13.8 Å². The zero-order valence-corrected chi connectivity index (χ0v) is 13.0. The van der Waals surface area contributed by atoms with Gasteiger partial charge in [-0.15, -0.1) is 0 Å². The first-order valence-electron chi connectivity index (χ1n) is 6.75. The van der Waals surface area contributed by atoms with E-state index in [1.165, 1.54) is 7.11 Å². The van der Waals surface area contributed by atoms with Crippen LogP contribution in [0.2, 0.25) is 0 Å². The van der Waals surface area contributed by atoms with E-state index in [-0.39, 0.29) is 24.4 Å². The number of esters is 2. The van der Waals surface area contributed by atoms with E-state index >= 15 is 0 Å². The third-order valence-electron chi connectivity index (χ3n) is 2.73. The van der Waals surface area contributed by atoms with Crippen LogP contribution in [0, 0.1) is 6.92 Å². The van der Waals surface area contributed by atoms with Crippen LogP contribution in [0.1, 0.15) is 37.1 Å². The molecule has 21 heavy (non-hydrogen) atoms. The summed E-state index contributed by atoms with van der Waals surface area (Å²) < 4.78 is 9.59. The molecule has 0 aromatic carbocycles. The molecule has 1 rings (SSSR count). The van der Waals surface area contributed by atoms with Gasteiger partial charge in [0, 0.05) is 17.8 Å². The molecule has 0 spiro atoms. The van der Waals surface area contributed by atoms with Crippen LogP contribution in [0.4, 0.5) is 5.82 Å². The van der Waals surface area contributed by atoms with Gasteiger partial charge < -0.3 is 14.4 Å². The molecule has 0 saturated heterocycles. The third-order valence-corrected chi connectivity index (χ3v) is 2.73. The van der Waals surface area contributed by atoms with Crippen molar-refractivity contribution < 1.29 is 19.1 Å². The number of aryl methyl sites for hydroxylation is 1. The monoisotopic (exact) mass is 295 g/mol. The molecule has 1 aromatic rings. The summed E-state index contributed by atoms with van der Waals surface area (Å²) in [6.45, 7) is 7.73. The van der Waals surface area contributed by atoms with E-state index < -0.39 is 5.97 Å². The molecule has 1 heterocycles. The third kappa shape index (κ3) is 4.70. The Balaban J connectivity index is 3.10. The molecule has 0 atom stereocenters. The highest BCUT2D eigenvalue weighted by molar-refractivity contribution is 5.85. The molecule has 7 heteroatoms. The number of ether oxygens (including phenoxy) is 2. The number of nitrogens with zero attached hydrogens (tertiary/aromatic N) is 3. The molecular weight excluding hydrogens is 274 g/mol. The molecule has 0 bridgehead atoms. The van der Waals surface area contributed by atoms with Crippen molar-refractivity contribution in [1.82, 2.24) is 9.97 Å². The van der Waals surface area contributed by atoms with E-state index in [4.69, 9.17) is 4.74 Å². The number of hydrogen-bond donors (Lipinski definition) is 0. The topological polar surface area (TPSA) is 81.6 Å². The summed E-state index contributed by atoms with van der Waals surface area (Å²) in [5.74, 6) is -0.491. The predicted octanol–water partition coefficient (Wildman–Crippen LogP) is 1.35. The van der Waals surface area contributed by atoms with Crippen LogP contribution >= 0.6 is 0 Å². The van der Waals surface area contributed by atoms with Gasteiger partial charge in [0.2, 0.25) is 5.82 Å². The number of anilines is 1. The fourth-order valence-electron chi connectivity index (χ4n) is 1.76. The van der Waals surface area contributed by atoms with Crippen molar-refractivity contribution in [3.63, 3.8) is 0 Å². The molecule has 0 aliphatic carbocycles. The molecule has 0 aliphatic heterocycles. The lowest BCUT2D eigenvalue weighted by molar-refractivity contribution is -0.141. The first-order chi connectivity index (χ1) is 9.88. The first-order valence-corrected chi connectivity index (χ1v) is 6.75. The van der Waals surface area contributed by atoms with Crippen molar-refractivity contribution >= 4 is 17.8 Å². The minimum atomic E-state index is -0.611. The van der Waals surface area contributed by atoms with Crippen molar-refractivity contribution in [3.05, 3.63) is 17.6 Å². The molecule has 0 N–H and O–H groups in total. The Hall–Kier alpha value is -2.18. The van der Waals surface area contributed by atoms with Crippen LogP contribution in [0.25, 0.3) is 0 Å². The summed E-state index contributed by atoms with van der Waals surface area (Å²) >= 11 is 0. The molecule has 0 amide bonds. The summed E-state index contributed by atoms with van der Waals surface area (Å²) in [6.07, 6.45) is 0. The van der Waals surface area contributed by atoms with Gasteiger partial charge in [-0.2, -0.15) is 0 Å². The fraction of sp³-hybridized carbons (Fsp3) is 0.571. The van der Waals surface area contributed by atoms with Crippen molar-refractivity contribution in [2.75, 3.05) is 25.2 Å². The number of hydrogen-bond acceptors (Lipinski definition) is 7. The van der Waals surface area contributed by atoms with Crippen LogP contribution in [0.5, 0.6) is 0 Å². The zero-order chi connectivity index (χ0) is 16.0. The summed E-state index contributed by atoms with van der Waals surface area (Å²) in [5.41, 5.74) is 0.620. The molecule has 0 fully saturated rings. The van der Waals surface area contributed by atoms with Gasteiger partial charge in [-0.05, 0) is 27.7 Å². The van der Waals surface area contributed by atoms with Gasteiger partial charge in [0.1, 0.15) is 12.4 Å². The number of methoxy groups -OCH3 is 1. The maximum Gasteiger partial charge on any atom is 0.376 e. The fourth-order valence-corrected chi connectivity index (χ4v) is 1.76. The Morgan fingerprint density at radius 2 is 2.00 bits per heavy atom. The molecule has 7 nitrogen and oxygen atoms in total. The SMILES string of the molecule is CCOC(=O)CN(c1cc(C)nc(C(=O)OC)n1)C(C)C. The second-order valence-electron chi connectivity index (χ2n) is 4.71. The molecule has 0 unspecified atom stereocenters. The number of rotatable bonds is 6. The highest BCUT2D eigenvalue weighted by Crippen LogP contribution is 2.16. The van der Waals surface area contributed by atoms with Crippen molar-refractivity contribution in [3.8, 4) is 0 Å². The minimum Gasteiger partial charge on any atom is -0.465 e. The van der Waals surface area contributed by atoms with Crippen LogP contribution in [-0.4, -0.2) is 48.2 Å². The average molecular weight is 295 g/mol. The van der Waals surface area contributed by atoms with E-state index in [1.54, 1.807) is 24.8 Å². The second kappa shape index (κ2) is 7.56. The summed E-state index contributed by atoms with van der Waals surface area (Å²) in [5, 5.41) is 0. The van der Waals surface area contributed by atoms with Crippen LogP contribution in [-0.2, 0) is 14.3 Å². The largest absolute Gasteiger partial charge is 0.465 e. The zero-order valence-electron chi connectivity index (χ0n) is 13.0. The van der Waals surface area contributed by atoms with Gasteiger partial charge in [0.25, 0.3) is 0 Å². The van der Waals surface area contributed by atoms with Crippen LogP contribution in [0.3, 0.4) is 0 Å². The predicted molar refractivity (Wildman–Crippen MR) is 77.2 cm³/mol. The van der Waals surface area contributed by atoms with Gasteiger partial charge >= 0.3 is 11.9 Å². The Bertz CT molecular complexity index is 517. The molecule has 116 valence electrons. The Morgan fingerprint density at radius 1 is 1.33 bits per heavy atom. The van der Waals surface area contributed by atoms with Crippen LogP contribution < -0.4 is 4.90 Å². The van der Waals surface area contributed by atoms with E-state index in [0.29, 0.717) is 18.1 Å². The quantitative estimate of drug-likeness (QED) is 0.733. The minimum absolute atomic E-state index is 0.00852. The lowest BCUT2D eigenvalue weighted by Crippen LogP contribution is -2.37. The van der Waals surface area contributed by atoms with Crippen molar-refractivity contribution in [2.45, 2.75) is 33.7 Å². The Kier molecular flexibility index (Phi) is 6.08. The average Bonchev–Trinajstić information content (AvgIpc) is 2.43. The standard InChI is InChI=1S/C14H21N3O4/c1-6-21-12(18)8-17(9(2)3)11-7-10(4)15-13(16-11)14(19)20-5/h7,9H,6,8H2,1-5H3. The highest BCUT2D eigenvalue weighted by atomic mass is 16.5. The number of carbonyl (C=O) groups excluding carboxylic acids is 2.